The van der Waals surface area contributed by atoms with Crippen LogP contribution in [0.25, 0.3) is 10.8 Å². The van der Waals surface area contributed by atoms with Crippen LogP contribution >= 0.6 is 0 Å². The molecule has 31 heavy (non-hydrogen) atoms. The summed E-state index contributed by atoms with van der Waals surface area (Å²) in [7, 11) is 0. The fourth-order valence-electron chi connectivity index (χ4n) is 3.71. The predicted octanol–water partition coefficient (Wildman–Crippen LogP) is 1.46. The number of aliphatic hydroxyl groups excluding tert-OH is 1. The van der Waals surface area contributed by atoms with Crippen molar-refractivity contribution in [3.05, 3.63) is 57.2 Å². The van der Waals surface area contributed by atoms with Crippen molar-refractivity contribution in [2.75, 3.05) is 0 Å². The Kier molecular flexibility index (Phi) is 4.51. The van der Waals surface area contributed by atoms with Crippen LogP contribution in [-0.4, -0.2) is 47.8 Å². The molecule has 2 atom stereocenters. The van der Waals surface area contributed by atoms with E-state index in [0.29, 0.717) is 6.07 Å². The number of aliphatic hydroxyl groups is 1. The van der Waals surface area contributed by atoms with Crippen molar-refractivity contribution < 1.29 is 45.3 Å². The Hall–Kier alpha value is -4.18. The molecule has 4 rings (SSSR count). The van der Waals surface area contributed by atoms with Crippen molar-refractivity contribution >= 4 is 16.7 Å². The van der Waals surface area contributed by atoms with Gasteiger partial charge in [-0.2, -0.15) is 0 Å². The highest BCUT2D eigenvalue weighted by molar-refractivity contribution is 6.00. The number of hydrogen-bond acceptors (Lipinski definition) is 9. The van der Waals surface area contributed by atoms with E-state index in [-0.39, 0.29) is 40.2 Å². The van der Waals surface area contributed by atoms with E-state index >= 15 is 0 Å². The Morgan fingerprint density at radius 3 is 2.32 bits per heavy atom. The fraction of sp³-hybridized carbons (Fsp3) is 0.143. The first-order valence-electron chi connectivity index (χ1n) is 8.97. The number of phenolic OH excluding ortho intramolecular Hbond substituents is 4. The van der Waals surface area contributed by atoms with Crippen LogP contribution in [0.2, 0.25) is 0 Å². The van der Waals surface area contributed by atoms with Gasteiger partial charge in [-0.05, 0) is 17.5 Å². The van der Waals surface area contributed by atoms with Gasteiger partial charge in [-0.3, -0.25) is 4.79 Å². The molecule has 10 nitrogen and oxygen atoms in total. The maximum atomic E-state index is 12.2. The van der Waals surface area contributed by atoms with Crippen molar-refractivity contribution in [2.24, 2.45) is 0 Å². The minimum Gasteiger partial charge on any atom is -0.508 e. The third kappa shape index (κ3) is 3.19. The molecular weight excluding hydrogens is 412 g/mol. The summed E-state index contributed by atoms with van der Waals surface area (Å²) in [5, 5.41) is 69.8. The number of carboxylic acids is 1. The Labute approximate surface area is 173 Å². The number of carboxylic acid groups (broad SMARTS) is 1. The van der Waals surface area contributed by atoms with Gasteiger partial charge < -0.3 is 40.5 Å². The Bertz CT molecular complexity index is 1310. The molecule has 3 aromatic rings. The first kappa shape index (κ1) is 20.1. The van der Waals surface area contributed by atoms with Crippen molar-refractivity contribution in [1.82, 2.24) is 0 Å². The normalized spacial score (nSPS) is 17.7. The molecule has 0 bridgehead atoms. The zero-order chi connectivity index (χ0) is 22.6. The number of aromatic hydroxyl groups is 5. The first-order valence-corrected chi connectivity index (χ1v) is 8.97. The van der Waals surface area contributed by atoms with Gasteiger partial charge in [0.25, 0.3) is 0 Å². The van der Waals surface area contributed by atoms with Crippen LogP contribution in [0.1, 0.15) is 27.6 Å². The van der Waals surface area contributed by atoms with Crippen molar-refractivity contribution in [2.45, 2.75) is 18.6 Å². The molecular formula is C21H16O10. The van der Waals surface area contributed by atoms with Gasteiger partial charge in [0.1, 0.15) is 17.2 Å². The highest BCUT2D eigenvalue weighted by atomic mass is 16.5. The second-order valence-electron chi connectivity index (χ2n) is 7.14. The lowest BCUT2D eigenvalue weighted by atomic mass is 9.91. The summed E-state index contributed by atoms with van der Waals surface area (Å²) >= 11 is 0. The molecule has 3 aromatic carbocycles. The second kappa shape index (κ2) is 6.96. The molecule has 7 N–H and O–H groups in total. The lowest BCUT2D eigenvalue weighted by molar-refractivity contribution is 0.0205. The van der Waals surface area contributed by atoms with E-state index in [2.05, 4.69) is 0 Å². The SMILES string of the molecule is O=C(O)c1cc(=O)c(O)c2c(O)c(O)cc([C@@H]3Oc4cc(O)cc(O)c4C[C@H]3O)c2c1. The van der Waals surface area contributed by atoms with Crippen molar-refractivity contribution in [1.29, 1.82) is 0 Å². The summed E-state index contributed by atoms with van der Waals surface area (Å²) in [6.45, 7) is 0. The highest BCUT2D eigenvalue weighted by Gasteiger charge is 2.34. The van der Waals surface area contributed by atoms with Crippen LogP contribution in [0, 0.1) is 0 Å². The number of benzene rings is 2. The average Bonchev–Trinajstić information content (AvgIpc) is 2.82. The number of hydrogen-bond donors (Lipinski definition) is 7. The summed E-state index contributed by atoms with van der Waals surface area (Å²) in [5.74, 6) is -4.68. The molecule has 1 heterocycles. The molecule has 0 aromatic heterocycles. The second-order valence-corrected chi connectivity index (χ2v) is 7.14. The standard InChI is InChI=1S/C21H16O10/c22-8-3-12(23)11-6-15(26)20(31-16(11)4-8)10-5-14(25)19(28)17-9(10)1-7(21(29)30)2-13(24)18(17)27/h1-5,15,20,22-23,25-26,28H,6H2,(H,24,27)(H,29,30)/t15-,20+/m1/s1. The van der Waals surface area contributed by atoms with Gasteiger partial charge >= 0.3 is 5.97 Å². The van der Waals surface area contributed by atoms with Gasteiger partial charge in [-0.15, -0.1) is 0 Å². The van der Waals surface area contributed by atoms with Gasteiger partial charge in [0, 0.05) is 35.7 Å². The molecule has 0 fully saturated rings. The van der Waals surface area contributed by atoms with E-state index in [1.807, 2.05) is 0 Å². The van der Waals surface area contributed by atoms with E-state index in [9.17, 15) is 45.3 Å². The Morgan fingerprint density at radius 2 is 1.65 bits per heavy atom. The van der Waals surface area contributed by atoms with E-state index in [1.54, 1.807) is 0 Å². The summed E-state index contributed by atoms with van der Waals surface area (Å²) in [6, 6.07) is 4.94. The van der Waals surface area contributed by atoms with Crippen LogP contribution in [0.3, 0.4) is 0 Å². The number of fused-ring (bicyclic) bond motifs is 2. The Balaban J connectivity index is 2.04. The summed E-state index contributed by atoms with van der Waals surface area (Å²) < 4.78 is 5.73. The molecule has 160 valence electrons. The average molecular weight is 428 g/mol. The van der Waals surface area contributed by atoms with E-state index in [4.69, 9.17) is 4.74 Å². The zero-order valence-corrected chi connectivity index (χ0v) is 15.6. The quantitative estimate of drug-likeness (QED) is 0.295. The lowest BCUT2D eigenvalue weighted by Crippen LogP contribution is -2.30. The number of ether oxygens (including phenoxy) is 1. The Morgan fingerprint density at radius 1 is 0.935 bits per heavy atom. The number of aromatic carboxylic acids is 1. The van der Waals surface area contributed by atoms with Gasteiger partial charge in [0.2, 0.25) is 5.43 Å². The number of phenols is 4. The molecule has 0 aliphatic carbocycles. The van der Waals surface area contributed by atoms with Crippen LogP contribution in [-0.2, 0) is 6.42 Å². The van der Waals surface area contributed by atoms with Crippen molar-refractivity contribution in [3.8, 4) is 34.5 Å². The van der Waals surface area contributed by atoms with E-state index < -0.39 is 51.8 Å². The maximum Gasteiger partial charge on any atom is 0.335 e. The van der Waals surface area contributed by atoms with E-state index in [1.165, 1.54) is 6.07 Å². The largest absolute Gasteiger partial charge is 0.508 e. The van der Waals surface area contributed by atoms with Crippen LogP contribution in [0.5, 0.6) is 34.5 Å². The summed E-state index contributed by atoms with van der Waals surface area (Å²) in [6.07, 6.45) is -2.72. The molecule has 0 unspecified atom stereocenters. The molecule has 10 heteroatoms. The fourth-order valence-corrected chi connectivity index (χ4v) is 3.71. The van der Waals surface area contributed by atoms with Gasteiger partial charge in [0.15, 0.2) is 23.4 Å². The maximum absolute atomic E-state index is 12.2. The third-order valence-electron chi connectivity index (χ3n) is 5.15. The van der Waals surface area contributed by atoms with Gasteiger partial charge in [-0.25, -0.2) is 4.79 Å². The van der Waals surface area contributed by atoms with Gasteiger partial charge in [-0.1, -0.05) is 0 Å². The molecule has 0 saturated heterocycles. The minimum atomic E-state index is -1.49. The smallest absolute Gasteiger partial charge is 0.335 e. The highest BCUT2D eigenvalue weighted by Crippen LogP contribution is 2.46. The molecule has 0 radical (unpaired) electrons. The van der Waals surface area contributed by atoms with Crippen LogP contribution in [0.15, 0.2) is 35.1 Å². The molecule has 1 aliphatic rings. The topological polar surface area (TPSA) is 185 Å². The van der Waals surface area contributed by atoms with Crippen LogP contribution in [0.4, 0.5) is 0 Å². The molecule has 0 spiro atoms. The predicted molar refractivity (Wildman–Crippen MR) is 105 cm³/mol. The zero-order valence-electron chi connectivity index (χ0n) is 15.6. The van der Waals surface area contributed by atoms with E-state index in [0.717, 1.165) is 18.2 Å². The number of carbonyl (C=O) groups is 1. The lowest BCUT2D eigenvalue weighted by Gasteiger charge is -2.32. The van der Waals surface area contributed by atoms with Crippen molar-refractivity contribution in [3.63, 3.8) is 0 Å². The summed E-state index contributed by atoms with van der Waals surface area (Å²) in [5.41, 5.74) is -1.44. The third-order valence-corrected chi connectivity index (χ3v) is 5.15. The molecule has 0 amide bonds. The molecule has 0 saturated carbocycles. The first-order chi connectivity index (χ1) is 14.6. The summed E-state index contributed by atoms with van der Waals surface area (Å²) in [4.78, 5) is 23.7. The monoisotopic (exact) mass is 428 g/mol. The van der Waals surface area contributed by atoms with Gasteiger partial charge in [0.05, 0.1) is 17.1 Å². The van der Waals surface area contributed by atoms with Crippen LogP contribution < -0.4 is 10.2 Å². The molecule has 1 aliphatic heterocycles. The number of rotatable bonds is 2. The minimum absolute atomic E-state index is 0.0287.